The first-order valence-corrected chi connectivity index (χ1v) is 9.08. The van der Waals surface area contributed by atoms with Crippen LogP contribution in [0.4, 0.5) is 0 Å². The molecule has 1 aliphatic rings. The highest BCUT2D eigenvalue weighted by Crippen LogP contribution is 2.30. The fraction of sp³-hybridized carbons (Fsp3) is 0.706. The number of thiophene rings is 1. The summed E-state index contributed by atoms with van der Waals surface area (Å²) in [6.07, 6.45) is 7.67. The highest BCUT2D eigenvalue weighted by Gasteiger charge is 2.37. The van der Waals surface area contributed by atoms with Crippen LogP contribution in [0.5, 0.6) is 0 Å². The van der Waals surface area contributed by atoms with Gasteiger partial charge in [-0.05, 0) is 32.4 Å². The molecule has 0 saturated carbocycles. The molecule has 0 bridgehead atoms. The number of hydrogen-bond acceptors (Lipinski definition) is 3. The van der Waals surface area contributed by atoms with Gasteiger partial charge >= 0.3 is 0 Å². The summed E-state index contributed by atoms with van der Waals surface area (Å²) in [7, 11) is 0. The van der Waals surface area contributed by atoms with Gasteiger partial charge < -0.3 is 4.90 Å². The van der Waals surface area contributed by atoms with E-state index in [-0.39, 0.29) is 18.1 Å². The molecule has 1 fully saturated rings. The lowest BCUT2D eigenvalue weighted by Gasteiger charge is -2.23. The fourth-order valence-electron chi connectivity index (χ4n) is 2.91. The van der Waals surface area contributed by atoms with Gasteiger partial charge in [0.2, 0.25) is 5.91 Å². The van der Waals surface area contributed by atoms with Crippen LogP contribution in [0.15, 0.2) is 12.1 Å². The summed E-state index contributed by atoms with van der Waals surface area (Å²) in [5, 5.41) is 3.43. The molecule has 0 spiro atoms. The van der Waals surface area contributed by atoms with Crippen molar-refractivity contribution in [2.45, 2.75) is 71.5 Å². The molecule has 2 unspecified atom stereocenters. The van der Waals surface area contributed by atoms with Gasteiger partial charge in [-0.15, -0.1) is 11.3 Å². The van der Waals surface area contributed by atoms with E-state index in [1.807, 2.05) is 11.8 Å². The minimum absolute atomic E-state index is 0.0579. The first-order valence-electron chi connectivity index (χ1n) is 8.26. The van der Waals surface area contributed by atoms with Gasteiger partial charge in [-0.25, -0.2) is 0 Å². The summed E-state index contributed by atoms with van der Waals surface area (Å²) in [6, 6.07) is 4.23. The average molecular weight is 308 g/mol. The minimum Gasteiger partial charge on any atom is -0.321 e. The second kappa shape index (κ2) is 7.95. The maximum Gasteiger partial charge on any atom is 0.241 e. The number of amides is 1. The van der Waals surface area contributed by atoms with Crippen LogP contribution in [0.1, 0.15) is 68.3 Å². The van der Waals surface area contributed by atoms with Crippen LogP contribution in [0, 0.1) is 6.92 Å². The van der Waals surface area contributed by atoms with Gasteiger partial charge in [0.05, 0.1) is 6.04 Å². The van der Waals surface area contributed by atoms with Gasteiger partial charge in [-0.2, -0.15) is 0 Å². The molecule has 1 amide bonds. The molecule has 0 aliphatic carbocycles. The Morgan fingerprint density at radius 1 is 1.19 bits per heavy atom. The summed E-state index contributed by atoms with van der Waals surface area (Å²) < 4.78 is 0. The molecule has 1 aromatic heterocycles. The Labute approximate surface area is 132 Å². The SMILES string of the molecule is CCCCCCCCN1C(=O)C(C)NC1c1ccc(C)s1. The van der Waals surface area contributed by atoms with Crippen molar-refractivity contribution in [1.29, 1.82) is 0 Å². The molecule has 2 atom stereocenters. The predicted molar refractivity (Wildman–Crippen MR) is 89.5 cm³/mol. The van der Waals surface area contributed by atoms with Crippen LogP contribution < -0.4 is 5.32 Å². The highest BCUT2D eigenvalue weighted by molar-refractivity contribution is 7.12. The van der Waals surface area contributed by atoms with Gasteiger partial charge in [0.1, 0.15) is 6.17 Å². The van der Waals surface area contributed by atoms with Crippen LogP contribution in [0.2, 0.25) is 0 Å². The third-order valence-electron chi connectivity index (χ3n) is 4.16. The van der Waals surface area contributed by atoms with Gasteiger partial charge in [-0.3, -0.25) is 10.1 Å². The zero-order valence-corrected chi connectivity index (χ0v) is 14.3. The summed E-state index contributed by atoms with van der Waals surface area (Å²) in [5.74, 6) is 0.250. The number of unbranched alkanes of at least 4 members (excludes halogenated alkanes) is 5. The van der Waals surface area contributed by atoms with E-state index >= 15 is 0 Å². The number of hydrogen-bond donors (Lipinski definition) is 1. The third kappa shape index (κ3) is 4.30. The van der Waals surface area contributed by atoms with Crippen molar-refractivity contribution in [3.63, 3.8) is 0 Å². The molecule has 0 aromatic carbocycles. The van der Waals surface area contributed by atoms with Crippen molar-refractivity contribution >= 4 is 17.2 Å². The zero-order chi connectivity index (χ0) is 15.2. The topological polar surface area (TPSA) is 32.3 Å². The average Bonchev–Trinajstić information content (AvgIpc) is 3.00. The first-order chi connectivity index (χ1) is 10.1. The predicted octanol–water partition coefficient (Wildman–Crippen LogP) is 4.24. The van der Waals surface area contributed by atoms with E-state index in [1.54, 1.807) is 11.3 Å². The van der Waals surface area contributed by atoms with E-state index in [0.29, 0.717) is 0 Å². The molecule has 118 valence electrons. The lowest BCUT2D eigenvalue weighted by Crippen LogP contribution is -2.31. The fourth-order valence-corrected chi connectivity index (χ4v) is 3.86. The Morgan fingerprint density at radius 2 is 1.90 bits per heavy atom. The molecular formula is C17H28N2OS. The molecular weight excluding hydrogens is 280 g/mol. The molecule has 4 heteroatoms. The van der Waals surface area contributed by atoms with Crippen molar-refractivity contribution in [3.8, 4) is 0 Å². The van der Waals surface area contributed by atoms with E-state index < -0.39 is 0 Å². The third-order valence-corrected chi connectivity index (χ3v) is 5.21. The Hall–Kier alpha value is -0.870. The second-order valence-corrected chi connectivity index (χ2v) is 7.36. The van der Waals surface area contributed by atoms with Gasteiger partial charge in [0.25, 0.3) is 0 Å². The van der Waals surface area contributed by atoms with Gasteiger partial charge in [0.15, 0.2) is 0 Å². The lowest BCUT2D eigenvalue weighted by molar-refractivity contribution is -0.129. The van der Waals surface area contributed by atoms with Crippen molar-refractivity contribution in [3.05, 3.63) is 21.9 Å². The maximum atomic E-state index is 12.3. The summed E-state index contributed by atoms with van der Waals surface area (Å²) in [6.45, 7) is 7.21. The summed E-state index contributed by atoms with van der Waals surface area (Å²) in [4.78, 5) is 16.9. The standard InChI is InChI=1S/C17H28N2OS/c1-4-5-6-7-8-9-12-19-16(18-14(3)17(19)20)15-11-10-13(2)21-15/h10-11,14,16,18H,4-9,12H2,1-3H3. The van der Waals surface area contributed by atoms with E-state index in [0.717, 1.165) is 13.0 Å². The molecule has 1 aliphatic heterocycles. The van der Waals surface area contributed by atoms with Crippen LogP contribution in [-0.2, 0) is 4.79 Å². The normalized spacial score (nSPS) is 22.2. The van der Waals surface area contributed by atoms with Crippen LogP contribution in [-0.4, -0.2) is 23.4 Å². The Balaban J connectivity index is 1.87. The zero-order valence-electron chi connectivity index (χ0n) is 13.5. The monoisotopic (exact) mass is 308 g/mol. The van der Waals surface area contributed by atoms with E-state index in [9.17, 15) is 4.79 Å². The quantitative estimate of drug-likeness (QED) is 0.729. The van der Waals surface area contributed by atoms with Crippen LogP contribution in [0.25, 0.3) is 0 Å². The Morgan fingerprint density at radius 3 is 2.57 bits per heavy atom. The number of carbonyl (C=O) groups is 1. The van der Waals surface area contributed by atoms with Crippen molar-refractivity contribution in [2.75, 3.05) is 6.54 Å². The smallest absolute Gasteiger partial charge is 0.241 e. The molecule has 1 N–H and O–H groups in total. The maximum absolute atomic E-state index is 12.3. The second-order valence-electron chi connectivity index (χ2n) is 6.04. The first kappa shape index (κ1) is 16.5. The van der Waals surface area contributed by atoms with Crippen molar-refractivity contribution < 1.29 is 4.79 Å². The number of carbonyl (C=O) groups excluding carboxylic acids is 1. The molecule has 3 nitrogen and oxygen atoms in total. The van der Waals surface area contributed by atoms with E-state index in [1.165, 1.54) is 41.9 Å². The minimum atomic E-state index is -0.0579. The van der Waals surface area contributed by atoms with Crippen molar-refractivity contribution in [2.24, 2.45) is 0 Å². The molecule has 1 aromatic rings. The highest BCUT2D eigenvalue weighted by atomic mass is 32.1. The summed E-state index contributed by atoms with van der Waals surface area (Å²) in [5.41, 5.74) is 0. The molecule has 2 heterocycles. The molecule has 1 saturated heterocycles. The van der Waals surface area contributed by atoms with Crippen LogP contribution in [0.3, 0.4) is 0 Å². The van der Waals surface area contributed by atoms with E-state index in [2.05, 4.69) is 31.3 Å². The number of nitrogens with one attached hydrogen (secondary N) is 1. The lowest BCUT2D eigenvalue weighted by atomic mass is 10.1. The van der Waals surface area contributed by atoms with Crippen LogP contribution >= 0.6 is 11.3 Å². The largest absolute Gasteiger partial charge is 0.321 e. The number of nitrogens with zero attached hydrogens (tertiary/aromatic N) is 1. The summed E-state index contributed by atoms with van der Waals surface area (Å²) >= 11 is 1.79. The molecule has 2 rings (SSSR count). The van der Waals surface area contributed by atoms with Crippen molar-refractivity contribution in [1.82, 2.24) is 10.2 Å². The van der Waals surface area contributed by atoms with Gasteiger partial charge in [-0.1, -0.05) is 39.0 Å². The molecule has 0 radical (unpaired) electrons. The Kier molecular flexibility index (Phi) is 6.24. The number of aryl methyl sites for hydroxylation is 1. The number of rotatable bonds is 8. The van der Waals surface area contributed by atoms with E-state index in [4.69, 9.17) is 0 Å². The van der Waals surface area contributed by atoms with Gasteiger partial charge in [0, 0.05) is 16.3 Å². The molecule has 21 heavy (non-hydrogen) atoms. The Bertz CT molecular complexity index is 457.